The summed E-state index contributed by atoms with van der Waals surface area (Å²) in [5.41, 5.74) is 0. The monoisotopic (exact) mass is 694 g/mol. The molecule has 0 aliphatic rings. The Morgan fingerprint density at radius 3 is 1.48 bits per heavy atom. The summed E-state index contributed by atoms with van der Waals surface area (Å²) in [6, 6.07) is -1.07. The summed E-state index contributed by atoms with van der Waals surface area (Å²) >= 11 is 0. The molecule has 2 unspecified atom stereocenters. The molecule has 0 aromatic heterocycles. The number of aliphatic hydroxyl groups excluding tert-OH is 1. The van der Waals surface area contributed by atoms with Crippen molar-refractivity contribution < 1.29 is 22.9 Å². The Morgan fingerprint density at radius 1 is 0.583 bits per heavy atom. The van der Waals surface area contributed by atoms with Gasteiger partial charge in [-0.15, -0.1) is 0 Å². The number of allylic oxidation sites excluding steroid dienone is 7. The predicted molar refractivity (Wildman–Crippen MR) is 207 cm³/mol. The molecule has 0 saturated carbocycles. The molecule has 0 aliphatic heterocycles. The quantitative estimate of drug-likeness (QED) is 0.0348. The molecule has 280 valence electrons. The molecule has 0 radical (unpaired) electrons. The van der Waals surface area contributed by atoms with E-state index in [0.29, 0.717) is 6.42 Å². The molecule has 2 atom stereocenters. The SMILES string of the molecule is CC/C=C\C/C=C\C/C=C\CCCCCCCC(=O)NC(CS(=O)(=O)O)C(O)/C=C/CCCCCCCCCCCCCCCCCC. The predicted octanol–water partition coefficient (Wildman–Crippen LogP) is 11.5. The van der Waals surface area contributed by atoms with Gasteiger partial charge in [0, 0.05) is 6.42 Å². The van der Waals surface area contributed by atoms with Crippen molar-refractivity contribution in [2.75, 3.05) is 5.75 Å². The van der Waals surface area contributed by atoms with E-state index in [4.69, 9.17) is 0 Å². The lowest BCUT2D eigenvalue weighted by Gasteiger charge is -2.21. The van der Waals surface area contributed by atoms with Crippen molar-refractivity contribution >= 4 is 16.0 Å². The number of carbonyl (C=O) groups is 1. The van der Waals surface area contributed by atoms with Crippen LogP contribution in [0, 0.1) is 0 Å². The molecule has 0 aliphatic carbocycles. The van der Waals surface area contributed by atoms with Crippen LogP contribution in [0.25, 0.3) is 0 Å². The maximum Gasteiger partial charge on any atom is 0.267 e. The Balaban J connectivity index is 3.97. The summed E-state index contributed by atoms with van der Waals surface area (Å²) in [5, 5.41) is 13.2. The zero-order chi connectivity index (χ0) is 35.4. The van der Waals surface area contributed by atoms with Gasteiger partial charge in [0.25, 0.3) is 10.1 Å². The molecule has 6 nitrogen and oxygen atoms in total. The zero-order valence-electron chi connectivity index (χ0n) is 31.1. The van der Waals surface area contributed by atoms with Crippen molar-refractivity contribution in [2.45, 2.75) is 199 Å². The third-order valence-electron chi connectivity index (χ3n) is 8.76. The molecule has 7 heteroatoms. The van der Waals surface area contributed by atoms with Gasteiger partial charge >= 0.3 is 0 Å². The third-order valence-corrected chi connectivity index (χ3v) is 9.54. The number of aliphatic hydroxyl groups is 1. The van der Waals surface area contributed by atoms with Crippen molar-refractivity contribution in [1.29, 1.82) is 0 Å². The molecule has 0 heterocycles. The first-order valence-corrected chi connectivity index (χ1v) is 21.4. The second-order valence-corrected chi connectivity index (χ2v) is 15.0. The van der Waals surface area contributed by atoms with Gasteiger partial charge in [-0.05, 0) is 51.4 Å². The average molecular weight is 694 g/mol. The molecule has 0 spiro atoms. The third kappa shape index (κ3) is 35.6. The van der Waals surface area contributed by atoms with Crippen LogP contribution in [0.2, 0.25) is 0 Å². The molecule has 0 bridgehead atoms. The summed E-state index contributed by atoms with van der Waals surface area (Å²) in [5.74, 6) is -1.00. The molecule has 0 aromatic carbocycles. The maximum absolute atomic E-state index is 12.5. The van der Waals surface area contributed by atoms with Gasteiger partial charge in [-0.2, -0.15) is 8.42 Å². The highest BCUT2D eigenvalue weighted by Gasteiger charge is 2.24. The fraction of sp³-hybridized carbons (Fsp3) is 0.780. The Kier molecular flexibility index (Phi) is 33.9. The molecule has 1 amide bonds. The van der Waals surface area contributed by atoms with E-state index in [1.165, 1.54) is 89.9 Å². The van der Waals surface area contributed by atoms with Gasteiger partial charge in [-0.3, -0.25) is 9.35 Å². The molecule has 0 fully saturated rings. The molecular formula is C41H75NO5S. The largest absolute Gasteiger partial charge is 0.387 e. The van der Waals surface area contributed by atoms with Crippen LogP contribution in [0.1, 0.15) is 187 Å². The van der Waals surface area contributed by atoms with Crippen LogP contribution >= 0.6 is 0 Å². The fourth-order valence-electron chi connectivity index (χ4n) is 5.82. The lowest BCUT2D eigenvalue weighted by atomic mass is 10.0. The Labute approximate surface area is 297 Å². The van der Waals surface area contributed by atoms with E-state index in [-0.39, 0.29) is 12.3 Å². The second-order valence-electron chi connectivity index (χ2n) is 13.5. The highest BCUT2D eigenvalue weighted by atomic mass is 32.2. The van der Waals surface area contributed by atoms with E-state index in [1.54, 1.807) is 6.08 Å². The Morgan fingerprint density at radius 2 is 1.00 bits per heavy atom. The molecular weight excluding hydrogens is 619 g/mol. The highest BCUT2D eigenvalue weighted by Crippen LogP contribution is 2.15. The standard InChI is InChI=1S/C41H75NO5S/c1-3-5-7-9-11-13-15-17-19-20-21-23-24-26-28-30-32-34-36-40(43)39(38-48(45,46)47)42-41(44)37-35-33-31-29-27-25-22-18-16-14-12-10-8-6-4-2/h6,8,12,14,18,22,34,36,39-40,43H,3-5,7,9-11,13,15-17,19-21,23-33,35,37-38H2,1-2H3,(H,42,44)(H,45,46,47)/b8-6-,14-12-,22-18-,36-34+. The normalized spacial score (nSPS) is 13.8. The van der Waals surface area contributed by atoms with Gasteiger partial charge < -0.3 is 10.4 Å². The van der Waals surface area contributed by atoms with E-state index in [1.807, 2.05) is 6.08 Å². The highest BCUT2D eigenvalue weighted by molar-refractivity contribution is 7.85. The van der Waals surface area contributed by atoms with Gasteiger partial charge in [0.15, 0.2) is 0 Å². The number of nitrogens with one attached hydrogen (secondary N) is 1. The topological polar surface area (TPSA) is 104 Å². The lowest BCUT2D eigenvalue weighted by Crippen LogP contribution is -2.46. The number of hydrogen-bond donors (Lipinski definition) is 3. The summed E-state index contributed by atoms with van der Waals surface area (Å²) in [7, 11) is -4.35. The Bertz CT molecular complexity index is 940. The number of amides is 1. The van der Waals surface area contributed by atoms with Crippen molar-refractivity contribution in [1.82, 2.24) is 5.32 Å². The minimum atomic E-state index is -4.35. The molecule has 3 N–H and O–H groups in total. The van der Waals surface area contributed by atoms with E-state index >= 15 is 0 Å². The minimum absolute atomic E-state index is 0.275. The summed E-state index contributed by atoms with van der Waals surface area (Å²) in [6.45, 7) is 4.41. The van der Waals surface area contributed by atoms with Crippen molar-refractivity contribution in [3.05, 3.63) is 48.6 Å². The van der Waals surface area contributed by atoms with E-state index in [0.717, 1.165) is 70.6 Å². The van der Waals surface area contributed by atoms with Crippen LogP contribution in [0.5, 0.6) is 0 Å². The number of rotatable bonds is 35. The van der Waals surface area contributed by atoms with Crippen molar-refractivity contribution in [2.24, 2.45) is 0 Å². The molecule has 0 saturated heterocycles. The Hall–Kier alpha value is -1.70. The van der Waals surface area contributed by atoms with Crippen LogP contribution in [-0.4, -0.2) is 41.9 Å². The van der Waals surface area contributed by atoms with Crippen molar-refractivity contribution in [3.63, 3.8) is 0 Å². The van der Waals surface area contributed by atoms with E-state index in [9.17, 15) is 22.9 Å². The van der Waals surface area contributed by atoms with Gasteiger partial charge in [-0.25, -0.2) is 0 Å². The van der Waals surface area contributed by atoms with Crippen LogP contribution < -0.4 is 5.32 Å². The minimum Gasteiger partial charge on any atom is -0.387 e. The van der Waals surface area contributed by atoms with E-state index in [2.05, 4.69) is 55.6 Å². The lowest BCUT2D eigenvalue weighted by molar-refractivity contribution is -0.122. The van der Waals surface area contributed by atoms with Crippen LogP contribution in [0.4, 0.5) is 0 Å². The number of carbonyl (C=O) groups excluding carboxylic acids is 1. The smallest absolute Gasteiger partial charge is 0.267 e. The van der Waals surface area contributed by atoms with Gasteiger partial charge in [0.05, 0.1) is 17.9 Å². The summed E-state index contributed by atoms with van der Waals surface area (Å²) in [4.78, 5) is 12.5. The van der Waals surface area contributed by atoms with Crippen LogP contribution in [-0.2, 0) is 14.9 Å². The van der Waals surface area contributed by atoms with Gasteiger partial charge in [-0.1, -0.05) is 178 Å². The summed E-state index contributed by atoms with van der Waals surface area (Å²) in [6.07, 6.45) is 46.6. The first-order chi connectivity index (χ1) is 23.3. The molecule has 48 heavy (non-hydrogen) atoms. The first kappa shape index (κ1) is 46.3. The van der Waals surface area contributed by atoms with E-state index < -0.39 is 28.0 Å². The van der Waals surface area contributed by atoms with Crippen molar-refractivity contribution in [3.8, 4) is 0 Å². The molecule has 0 aromatic rings. The fourth-order valence-corrected chi connectivity index (χ4v) is 6.55. The maximum atomic E-state index is 12.5. The number of hydrogen-bond acceptors (Lipinski definition) is 4. The van der Waals surface area contributed by atoms with Gasteiger partial charge in [0.1, 0.15) is 0 Å². The van der Waals surface area contributed by atoms with Crippen LogP contribution in [0.3, 0.4) is 0 Å². The average Bonchev–Trinajstić information content (AvgIpc) is 3.05. The number of unbranched alkanes of at least 4 members (excludes halogenated alkanes) is 21. The van der Waals surface area contributed by atoms with Crippen LogP contribution in [0.15, 0.2) is 48.6 Å². The first-order valence-electron chi connectivity index (χ1n) is 19.8. The second kappa shape index (κ2) is 35.1. The van der Waals surface area contributed by atoms with Gasteiger partial charge in [0.2, 0.25) is 5.91 Å². The molecule has 0 rings (SSSR count). The zero-order valence-corrected chi connectivity index (χ0v) is 31.9. The summed E-state index contributed by atoms with van der Waals surface area (Å²) < 4.78 is 32.4.